The van der Waals surface area contributed by atoms with Gasteiger partial charge in [-0.25, -0.2) is 0 Å². The maximum atomic E-state index is 9.65. The molecule has 6 nitrogen and oxygen atoms in total. The second-order valence-corrected chi connectivity index (χ2v) is 3.14. The van der Waals surface area contributed by atoms with E-state index in [1.165, 1.54) is 14.2 Å². The van der Waals surface area contributed by atoms with E-state index in [4.69, 9.17) is 19.3 Å². The Bertz CT molecular complexity index is 175. The van der Waals surface area contributed by atoms with Crippen LogP contribution in [-0.2, 0) is 14.2 Å². The molecule has 0 bridgehead atoms. The average Bonchev–Trinajstić information content (AvgIpc) is 2.20. The summed E-state index contributed by atoms with van der Waals surface area (Å²) in [6.07, 6.45) is -4.52. The van der Waals surface area contributed by atoms with E-state index >= 15 is 0 Å². The van der Waals surface area contributed by atoms with Crippen molar-refractivity contribution >= 4 is 0 Å². The molecule has 0 spiro atoms. The Morgan fingerprint density at radius 2 is 1.71 bits per heavy atom. The maximum Gasteiger partial charge on any atom is 0.184 e. The first-order chi connectivity index (χ1) is 6.65. The lowest BCUT2D eigenvalue weighted by Gasteiger charge is -2.40. The predicted octanol–water partition coefficient (Wildman–Crippen LogP) is -1.91. The summed E-state index contributed by atoms with van der Waals surface area (Å²) in [6.45, 7) is -0.380. The molecule has 0 aromatic heterocycles. The third kappa shape index (κ3) is 2.05. The topological polar surface area (TPSA) is 88.4 Å². The summed E-state index contributed by atoms with van der Waals surface area (Å²) in [4.78, 5) is 0. The summed E-state index contributed by atoms with van der Waals surface area (Å²) in [6, 6.07) is 0. The molecular formula is C8H16O6. The number of rotatable bonds is 3. The highest BCUT2D eigenvalue weighted by Gasteiger charge is 2.44. The zero-order valence-electron chi connectivity index (χ0n) is 8.16. The smallest absolute Gasteiger partial charge is 0.184 e. The number of methoxy groups -OCH3 is 2. The number of aliphatic hydroxyl groups is 3. The maximum absolute atomic E-state index is 9.65. The van der Waals surface area contributed by atoms with Crippen molar-refractivity contribution in [2.24, 2.45) is 0 Å². The monoisotopic (exact) mass is 208 g/mol. The van der Waals surface area contributed by atoms with E-state index in [-0.39, 0.29) is 6.61 Å². The quantitative estimate of drug-likeness (QED) is 0.501. The molecule has 0 saturated carbocycles. The van der Waals surface area contributed by atoms with Crippen LogP contribution in [-0.4, -0.2) is 66.9 Å². The highest BCUT2D eigenvalue weighted by atomic mass is 16.7. The zero-order valence-corrected chi connectivity index (χ0v) is 8.16. The van der Waals surface area contributed by atoms with Crippen LogP contribution in [0.3, 0.4) is 0 Å². The van der Waals surface area contributed by atoms with E-state index in [2.05, 4.69) is 0 Å². The van der Waals surface area contributed by atoms with Crippen LogP contribution in [0.15, 0.2) is 0 Å². The summed E-state index contributed by atoms with van der Waals surface area (Å²) in [5, 5.41) is 27.9. The molecule has 3 N–H and O–H groups in total. The fourth-order valence-corrected chi connectivity index (χ4v) is 1.58. The van der Waals surface area contributed by atoms with Crippen molar-refractivity contribution in [2.75, 3.05) is 20.8 Å². The second-order valence-electron chi connectivity index (χ2n) is 3.14. The normalized spacial score (nSPS) is 43.9. The first kappa shape index (κ1) is 11.8. The lowest BCUT2D eigenvalue weighted by Crippen LogP contribution is -2.59. The standard InChI is InChI=1S/C8H16O6/c1-12-6-5(10)4(3-9)14-8(11)7(6)13-2/h4-11H,3H2,1-2H3/t4-,5-,6-,7+,8+/m1/s1. The molecule has 0 aromatic carbocycles. The van der Waals surface area contributed by atoms with Crippen LogP contribution in [0.5, 0.6) is 0 Å². The molecule has 6 heteroatoms. The van der Waals surface area contributed by atoms with Crippen molar-refractivity contribution in [1.82, 2.24) is 0 Å². The van der Waals surface area contributed by atoms with E-state index in [1.54, 1.807) is 0 Å². The Morgan fingerprint density at radius 1 is 1.14 bits per heavy atom. The molecule has 0 unspecified atom stereocenters. The van der Waals surface area contributed by atoms with Gasteiger partial charge in [-0.15, -0.1) is 0 Å². The van der Waals surface area contributed by atoms with Crippen LogP contribution in [0.4, 0.5) is 0 Å². The van der Waals surface area contributed by atoms with Crippen molar-refractivity contribution in [3.8, 4) is 0 Å². The predicted molar refractivity (Wildman–Crippen MR) is 45.6 cm³/mol. The van der Waals surface area contributed by atoms with Gasteiger partial charge in [-0.05, 0) is 0 Å². The summed E-state index contributed by atoms with van der Waals surface area (Å²) in [5.74, 6) is 0. The summed E-state index contributed by atoms with van der Waals surface area (Å²) in [7, 11) is 2.78. The van der Waals surface area contributed by atoms with Crippen LogP contribution >= 0.6 is 0 Å². The molecule has 5 atom stereocenters. The molecule has 84 valence electrons. The van der Waals surface area contributed by atoms with E-state index in [9.17, 15) is 10.2 Å². The van der Waals surface area contributed by atoms with Gasteiger partial charge in [-0.2, -0.15) is 0 Å². The van der Waals surface area contributed by atoms with Gasteiger partial charge in [0.1, 0.15) is 24.4 Å². The van der Waals surface area contributed by atoms with Crippen molar-refractivity contribution in [3.05, 3.63) is 0 Å². The Morgan fingerprint density at radius 3 is 2.14 bits per heavy atom. The first-order valence-corrected chi connectivity index (χ1v) is 4.33. The van der Waals surface area contributed by atoms with Gasteiger partial charge in [-0.3, -0.25) is 0 Å². The molecule has 0 radical (unpaired) electrons. The van der Waals surface area contributed by atoms with E-state index in [1.807, 2.05) is 0 Å². The second kappa shape index (κ2) is 5.01. The third-order valence-corrected chi connectivity index (χ3v) is 2.36. The minimum absolute atomic E-state index is 0.380. The fraction of sp³-hybridized carbons (Fsp3) is 1.00. The van der Waals surface area contributed by atoms with Crippen LogP contribution in [0.25, 0.3) is 0 Å². The molecular weight excluding hydrogens is 192 g/mol. The van der Waals surface area contributed by atoms with Crippen LogP contribution < -0.4 is 0 Å². The molecule has 14 heavy (non-hydrogen) atoms. The van der Waals surface area contributed by atoms with Crippen molar-refractivity contribution in [1.29, 1.82) is 0 Å². The van der Waals surface area contributed by atoms with E-state index in [0.29, 0.717) is 0 Å². The van der Waals surface area contributed by atoms with Gasteiger partial charge in [-0.1, -0.05) is 0 Å². The molecule has 1 aliphatic heterocycles. The number of hydrogen-bond donors (Lipinski definition) is 3. The SMILES string of the molecule is CO[C@@H]1[C@H](O)[C@@H](CO)O[C@H](O)[C@H]1OC. The van der Waals surface area contributed by atoms with Gasteiger partial charge < -0.3 is 29.5 Å². The Hall–Kier alpha value is -0.240. The summed E-state index contributed by atoms with van der Waals surface area (Å²) >= 11 is 0. The molecule has 1 aliphatic rings. The molecule has 0 aromatic rings. The lowest BCUT2D eigenvalue weighted by molar-refractivity contribution is -0.295. The van der Waals surface area contributed by atoms with Crippen LogP contribution in [0, 0.1) is 0 Å². The molecule has 1 heterocycles. The van der Waals surface area contributed by atoms with Gasteiger partial charge in [0, 0.05) is 14.2 Å². The molecule has 1 fully saturated rings. The van der Waals surface area contributed by atoms with Gasteiger partial charge >= 0.3 is 0 Å². The van der Waals surface area contributed by atoms with Crippen molar-refractivity contribution in [2.45, 2.75) is 30.7 Å². The largest absolute Gasteiger partial charge is 0.394 e. The molecule has 1 rings (SSSR count). The molecule has 0 amide bonds. The summed E-state index contributed by atoms with van der Waals surface area (Å²) in [5.41, 5.74) is 0. The number of hydrogen-bond acceptors (Lipinski definition) is 6. The Kier molecular flexibility index (Phi) is 4.24. The van der Waals surface area contributed by atoms with E-state index in [0.717, 1.165) is 0 Å². The Balaban J connectivity index is 2.73. The highest BCUT2D eigenvalue weighted by Crippen LogP contribution is 2.23. The van der Waals surface area contributed by atoms with Gasteiger partial charge in [0.05, 0.1) is 6.61 Å². The minimum atomic E-state index is -1.20. The van der Waals surface area contributed by atoms with E-state index < -0.39 is 30.7 Å². The average molecular weight is 208 g/mol. The first-order valence-electron chi connectivity index (χ1n) is 4.33. The Labute approximate surface area is 82.0 Å². The van der Waals surface area contributed by atoms with Gasteiger partial charge in [0.2, 0.25) is 0 Å². The molecule has 1 saturated heterocycles. The van der Waals surface area contributed by atoms with Gasteiger partial charge in [0.25, 0.3) is 0 Å². The third-order valence-electron chi connectivity index (χ3n) is 2.36. The van der Waals surface area contributed by atoms with Crippen molar-refractivity contribution in [3.63, 3.8) is 0 Å². The van der Waals surface area contributed by atoms with Crippen LogP contribution in [0.2, 0.25) is 0 Å². The number of ether oxygens (including phenoxy) is 3. The minimum Gasteiger partial charge on any atom is -0.394 e. The van der Waals surface area contributed by atoms with Crippen molar-refractivity contribution < 1.29 is 29.5 Å². The molecule has 0 aliphatic carbocycles. The zero-order chi connectivity index (χ0) is 10.7. The highest BCUT2D eigenvalue weighted by molar-refractivity contribution is 4.90. The van der Waals surface area contributed by atoms with Gasteiger partial charge in [0.15, 0.2) is 6.29 Å². The lowest BCUT2D eigenvalue weighted by atomic mass is 9.99. The fourth-order valence-electron chi connectivity index (χ4n) is 1.58. The summed E-state index contributed by atoms with van der Waals surface area (Å²) < 4.78 is 14.8. The van der Waals surface area contributed by atoms with Crippen LogP contribution in [0.1, 0.15) is 0 Å². The number of aliphatic hydroxyl groups excluding tert-OH is 3.